The van der Waals surface area contributed by atoms with Crippen LogP contribution in [0.1, 0.15) is 15.2 Å². The van der Waals surface area contributed by atoms with Gasteiger partial charge in [-0.25, -0.2) is 5.43 Å². The van der Waals surface area contributed by atoms with Crippen LogP contribution >= 0.6 is 22.9 Å². The molecule has 3 rings (SSSR count). The van der Waals surface area contributed by atoms with Crippen LogP contribution in [0.4, 0.5) is 0 Å². The van der Waals surface area contributed by atoms with Crippen molar-refractivity contribution in [3.8, 4) is 5.69 Å². The minimum atomic E-state index is -0.335. The Balaban J connectivity index is 1.79. The molecule has 1 heterocycles. The van der Waals surface area contributed by atoms with E-state index < -0.39 is 0 Å². The predicted molar refractivity (Wildman–Crippen MR) is 96.4 cm³/mol. The molecule has 7 heteroatoms. The molecule has 0 saturated heterocycles. The fraction of sp³-hybridized carbons (Fsp3) is 0. The Labute approximate surface area is 146 Å². The summed E-state index contributed by atoms with van der Waals surface area (Å²) in [4.78, 5) is 24.3. The van der Waals surface area contributed by atoms with Crippen molar-refractivity contribution in [2.24, 2.45) is 5.10 Å². The lowest BCUT2D eigenvalue weighted by Gasteiger charge is -2.02. The minimum absolute atomic E-state index is 0.220. The summed E-state index contributed by atoms with van der Waals surface area (Å²) in [5.41, 5.74) is 3.58. The van der Waals surface area contributed by atoms with Crippen LogP contribution in [0.3, 0.4) is 0 Å². The molecule has 0 fully saturated rings. The number of hydrogen-bond donors (Lipinski definition) is 1. The highest BCUT2D eigenvalue weighted by atomic mass is 35.5. The first-order valence-corrected chi connectivity index (χ1v) is 8.21. The lowest BCUT2D eigenvalue weighted by atomic mass is 10.2. The van der Waals surface area contributed by atoms with Gasteiger partial charge >= 0.3 is 4.87 Å². The van der Waals surface area contributed by atoms with Gasteiger partial charge in [-0.1, -0.05) is 59.3 Å². The van der Waals surface area contributed by atoms with Crippen molar-refractivity contribution >= 4 is 35.1 Å². The van der Waals surface area contributed by atoms with Crippen LogP contribution in [0, 0.1) is 0 Å². The third-order valence-corrected chi connectivity index (χ3v) is 4.54. The highest BCUT2D eigenvalue weighted by molar-refractivity contribution is 7.11. The lowest BCUT2D eigenvalue weighted by molar-refractivity contribution is 0.0955. The topological polar surface area (TPSA) is 63.5 Å². The maximum absolute atomic E-state index is 12.1. The Hall–Kier alpha value is -2.70. The molecule has 0 unspecified atom stereocenters. The summed E-state index contributed by atoms with van der Waals surface area (Å²) >= 11 is 7.22. The molecule has 0 spiro atoms. The molecule has 1 amide bonds. The van der Waals surface area contributed by atoms with Crippen molar-refractivity contribution in [2.45, 2.75) is 0 Å². The number of thiazole rings is 1. The number of rotatable bonds is 4. The largest absolute Gasteiger partial charge is 0.313 e. The van der Waals surface area contributed by atoms with E-state index in [9.17, 15) is 9.59 Å². The highest BCUT2D eigenvalue weighted by Crippen LogP contribution is 2.20. The van der Waals surface area contributed by atoms with Gasteiger partial charge < -0.3 is 0 Å². The lowest BCUT2D eigenvalue weighted by Crippen LogP contribution is -2.17. The Morgan fingerprint density at radius 3 is 2.38 bits per heavy atom. The fourth-order valence-corrected chi connectivity index (χ4v) is 3.20. The third-order valence-electron chi connectivity index (χ3n) is 3.18. The zero-order valence-corrected chi connectivity index (χ0v) is 13.9. The number of aromatic nitrogens is 1. The van der Waals surface area contributed by atoms with Crippen molar-refractivity contribution in [2.75, 3.05) is 0 Å². The second-order valence-corrected chi connectivity index (χ2v) is 6.11. The zero-order valence-electron chi connectivity index (χ0n) is 12.3. The van der Waals surface area contributed by atoms with Crippen LogP contribution in [0.25, 0.3) is 5.69 Å². The number of benzene rings is 2. The van der Waals surface area contributed by atoms with Gasteiger partial charge in [0.05, 0.1) is 16.8 Å². The smallest absolute Gasteiger partial charge is 0.267 e. The Morgan fingerprint density at radius 1 is 1.08 bits per heavy atom. The first-order chi connectivity index (χ1) is 11.7. The van der Waals surface area contributed by atoms with Gasteiger partial charge in [0.25, 0.3) is 5.91 Å². The van der Waals surface area contributed by atoms with Crippen LogP contribution in [0.2, 0.25) is 5.15 Å². The molecule has 5 nitrogen and oxygen atoms in total. The van der Waals surface area contributed by atoms with Gasteiger partial charge in [0.2, 0.25) is 0 Å². The standard InChI is InChI=1S/C17H12ClN3O2S/c18-15-14(11-19-20-16(22)12-7-3-1-4-8-12)24-17(23)21(15)13-9-5-2-6-10-13/h1-11H,(H,20,22)/b19-11+. The van der Waals surface area contributed by atoms with E-state index in [2.05, 4.69) is 10.5 Å². The molecule has 0 atom stereocenters. The van der Waals surface area contributed by atoms with Crippen molar-refractivity contribution in [3.63, 3.8) is 0 Å². The van der Waals surface area contributed by atoms with E-state index in [1.165, 1.54) is 10.8 Å². The van der Waals surface area contributed by atoms with Gasteiger partial charge in [-0.2, -0.15) is 5.10 Å². The number of hydrogen-bond acceptors (Lipinski definition) is 4. The normalized spacial score (nSPS) is 10.9. The van der Waals surface area contributed by atoms with Crippen LogP contribution in [0.5, 0.6) is 0 Å². The van der Waals surface area contributed by atoms with Crippen LogP contribution in [-0.2, 0) is 0 Å². The fourth-order valence-electron chi connectivity index (χ4n) is 2.05. The first kappa shape index (κ1) is 16.2. The van der Waals surface area contributed by atoms with E-state index in [0.29, 0.717) is 16.1 Å². The average molecular weight is 358 g/mol. The number of para-hydroxylation sites is 1. The van der Waals surface area contributed by atoms with Crippen molar-refractivity contribution in [1.29, 1.82) is 0 Å². The summed E-state index contributed by atoms with van der Waals surface area (Å²) in [5, 5.41) is 4.13. The number of carbonyl (C=O) groups is 1. The van der Waals surface area contributed by atoms with Crippen LogP contribution < -0.4 is 10.3 Å². The molecular weight excluding hydrogens is 346 g/mol. The molecule has 1 N–H and O–H groups in total. The van der Waals surface area contributed by atoms with Gasteiger partial charge in [0, 0.05) is 5.56 Å². The quantitative estimate of drug-likeness (QED) is 0.575. The second-order valence-electron chi connectivity index (χ2n) is 4.76. The van der Waals surface area contributed by atoms with Crippen LogP contribution in [0.15, 0.2) is 70.6 Å². The van der Waals surface area contributed by atoms with Crippen molar-refractivity contribution in [3.05, 3.63) is 85.9 Å². The van der Waals surface area contributed by atoms with E-state index in [-0.39, 0.29) is 15.9 Å². The van der Waals surface area contributed by atoms with Crippen molar-refractivity contribution < 1.29 is 4.79 Å². The van der Waals surface area contributed by atoms with E-state index in [1.54, 1.807) is 36.4 Å². The molecule has 24 heavy (non-hydrogen) atoms. The third kappa shape index (κ3) is 3.45. The van der Waals surface area contributed by atoms with Crippen molar-refractivity contribution in [1.82, 2.24) is 9.99 Å². The molecule has 0 radical (unpaired) electrons. The Morgan fingerprint density at radius 2 is 1.71 bits per heavy atom. The summed E-state index contributed by atoms with van der Waals surface area (Å²) in [6.45, 7) is 0. The number of halogens is 1. The summed E-state index contributed by atoms with van der Waals surface area (Å²) in [6, 6.07) is 17.8. The monoisotopic (exact) mass is 357 g/mol. The van der Waals surface area contributed by atoms with Gasteiger partial charge in [-0.05, 0) is 24.3 Å². The molecule has 3 aromatic rings. The van der Waals surface area contributed by atoms with E-state index >= 15 is 0 Å². The molecule has 2 aromatic carbocycles. The number of nitrogens with zero attached hydrogens (tertiary/aromatic N) is 2. The Bertz CT molecular complexity index is 933. The highest BCUT2D eigenvalue weighted by Gasteiger charge is 2.13. The molecule has 120 valence electrons. The molecule has 1 aromatic heterocycles. The van der Waals surface area contributed by atoms with E-state index in [1.807, 2.05) is 24.3 Å². The summed E-state index contributed by atoms with van der Waals surface area (Å²) in [6.07, 6.45) is 1.37. The van der Waals surface area contributed by atoms with Gasteiger partial charge in [0.15, 0.2) is 0 Å². The Kier molecular flexibility index (Phi) is 4.88. The molecule has 0 saturated carbocycles. The summed E-state index contributed by atoms with van der Waals surface area (Å²) in [7, 11) is 0. The number of carbonyl (C=O) groups excluding carboxylic acids is 1. The predicted octanol–water partition coefficient (Wildman–Crippen LogP) is 3.32. The van der Waals surface area contributed by atoms with Gasteiger partial charge in [0.1, 0.15) is 5.15 Å². The summed E-state index contributed by atoms with van der Waals surface area (Å²) < 4.78 is 1.40. The molecule has 0 aliphatic carbocycles. The maximum atomic E-state index is 12.1. The van der Waals surface area contributed by atoms with E-state index in [4.69, 9.17) is 11.6 Å². The van der Waals surface area contributed by atoms with Gasteiger partial charge in [-0.3, -0.25) is 14.2 Å². The molecule has 0 bridgehead atoms. The van der Waals surface area contributed by atoms with Gasteiger partial charge in [-0.15, -0.1) is 0 Å². The summed E-state index contributed by atoms with van der Waals surface area (Å²) in [5.74, 6) is -0.335. The minimum Gasteiger partial charge on any atom is -0.267 e. The molecule has 0 aliphatic heterocycles. The average Bonchev–Trinajstić information content (AvgIpc) is 2.90. The number of hydrazone groups is 1. The van der Waals surface area contributed by atoms with E-state index in [0.717, 1.165) is 11.3 Å². The second kappa shape index (κ2) is 7.25. The number of amides is 1. The first-order valence-electron chi connectivity index (χ1n) is 7.02. The number of nitrogens with one attached hydrogen (secondary N) is 1. The zero-order chi connectivity index (χ0) is 16.9. The SMILES string of the molecule is O=C(N/N=C/c1sc(=O)n(-c2ccccc2)c1Cl)c1ccccc1. The molecular formula is C17H12ClN3O2S. The van der Waals surface area contributed by atoms with Crippen LogP contribution in [-0.4, -0.2) is 16.7 Å². The molecule has 0 aliphatic rings. The maximum Gasteiger partial charge on any atom is 0.313 e.